The van der Waals surface area contributed by atoms with Crippen LogP contribution in [0, 0.1) is 0 Å². The van der Waals surface area contributed by atoms with E-state index in [9.17, 15) is 4.79 Å². The van der Waals surface area contributed by atoms with Crippen LogP contribution in [0.3, 0.4) is 0 Å². The molecule has 2 rings (SSSR count). The van der Waals surface area contributed by atoms with E-state index in [1.54, 1.807) is 24.7 Å². The Hall–Kier alpha value is -2.30. The van der Waals surface area contributed by atoms with E-state index in [1.807, 2.05) is 10.8 Å². The maximum Gasteiger partial charge on any atom is 0.251 e. The van der Waals surface area contributed by atoms with Gasteiger partial charge in [-0.3, -0.25) is 4.79 Å². The molecule has 2 aromatic rings. The molecule has 0 atom stereocenters. The van der Waals surface area contributed by atoms with Gasteiger partial charge in [-0.25, -0.2) is 4.98 Å². The third-order valence-corrected chi connectivity index (χ3v) is 2.82. The number of unbranched alkanes of at least 4 members (excludes halogenated alkanes) is 1. The molecule has 5 nitrogen and oxygen atoms in total. The second-order valence-electron chi connectivity index (χ2n) is 4.31. The predicted octanol–water partition coefficient (Wildman–Crippen LogP) is 1.80. The molecule has 0 saturated heterocycles. The Morgan fingerprint density at radius 2 is 2.05 bits per heavy atom. The van der Waals surface area contributed by atoms with E-state index in [-0.39, 0.29) is 11.7 Å². The first-order valence-electron chi connectivity index (χ1n) is 6.29. The third-order valence-electron chi connectivity index (χ3n) is 2.82. The zero-order valence-corrected chi connectivity index (χ0v) is 10.6. The molecule has 0 spiro atoms. The summed E-state index contributed by atoms with van der Waals surface area (Å²) >= 11 is 0. The highest BCUT2D eigenvalue weighted by Gasteiger charge is 2.03. The van der Waals surface area contributed by atoms with Crippen LogP contribution in [0.1, 0.15) is 23.2 Å². The monoisotopic (exact) mass is 259 g/mol. The van der Waals surface area contributed by atoms with Gasteiger partial charge < -0.3 is 15.0 Å². The predicted molar refractivity (Wildman–Crippen MR) is 71.9 cm³/mol. The van der Waals surface area contributed by atoms with Crippen LogP contribution >= 0.6 is 0 Å². The zero-order chi connectivity index (χ0) is 13.5. The number of aryl methyl sites for hydroxylation is 1. The number of carbonyl (C=O) groups is 1. The van der Waals surface area contributed by atoms with Crippen molar-refractivity contribution in [2.45, 2.75) is 19.4 Å². The number of imidazole rings is 1. The van der Waals surface area contributed by atoms with Crippen LogP contribution in [0.25, 0.3) is 0 Å². The lowest BCUT2D eigenvalue weighted by molar-refractivity contribution is 0.0953. The summed E-state index contributed by atoms with van der Waals surface area (Å²) in [5, 5.41) is 12.0. The topological polar surface area (TPSA) is 67.2 Å². The summed E-state index contributed by atoms with van der Waals surface area (Å²) in [7, 11) is 0. The van der Waals surface area contributed by atoms with E-state index in [1.165, 1.54) is 12.1 Å². The number of aromatic hydroxyl groups is 1. The number of rotatable bonds is 6. The molecule has 0 bridgehead atoms. The zero-order valence-electron chi connectivity index (χ0n) is 10.6. The van der Waals surface area contributed by atoms with E-state index < -0.39 is 0 Å². The minimum Gasteiger partial charge on any atom is -0.508 e. The summed E-state index contributed by atoms with van der Waals surface area (Å²) in [4.78, 5) is 15.7. The molecule has 0 aliphatic rings. The Morgan fingerprint density at radius 1 is 1.26 bits per heavy atom. The average molecular weight is 259 g/mol. The Morgan fingerprint density at radius 3 is 2.74 bits per heavy atom. The van der Waals surface area contributed by atoms with Gasteiger partial charge in [0.25, 0.3) is 5.91 Å². The van der Waals surface area contributed by atoms with Crippen LogP contribution in [-0.2, 0) is 6.54 Å². The second kappa shape index (κ2) is 6.58. The minimum atomic E-state index is -0.109. The lowest BCUT2D eigenvalue weighted by Crippen LogP contribution is -2.24. The van der Waals surface area contributed by atoms with Gasteiger partial charge in [-0.05, 0) is 37.1 Å². The number of phenols is 1. The lowest BCUT2D eigenvalue weighted by Gasteiger charge is -2.05. The van der Waals surface area contributed by atoms with Gasteiger partial charge in [-0.1, -0.05) is 0 Å². The molecule has 0 fully saturated rings. The quantitative estimate of drug-likeness (QED) is 0.777. The Balaban J connectivity index is 1.65. The first-order valence-corrected chi connectivity index (χ1v) is 6.29. The van der Waals surface area contributed by atoms with Crippen LogP contribution in [0.15, 0.2) is 43.0 Å². The van der Waals surface area contributed by atoms with E-state index in [0.717, 1.165) is 19.4 Å². The summed E-state index contributed by atoms with van der Waals surface area (Å²) in [5.74, 6) is 0.0551. The normalized spacial score (nSPS) is 10.3. The van der Waals surface area contributed by atoms with Gasteiger partial charge in [0.05, 0.1) is 6.33 Å². The molecular formula is C14H17N3O2. The fraction of sp³-hybridized carbons (Fsp3) is 0.286. The maximum absolute atomic E-state index is 11.7. The number of hydrogen-bond acceptors (Lipinski definition) is 3. The molecule has 1 heterocycles. The van der Waals surface area contributed by atoms with E-state index in [0.29, 0.717) is 12.1 Å². The number of nitrogens with one attached hydrogen (secondary N) is 1. The van der Waals surface area contributed by atoms with Crippen LogP contribution < -0.4 is 5.32 Å². The number of hydrogen-bond donors (Lipinski definition) is 2. The second-order valence-corrected chi connectivity index (χ2v) is 4.31. The average Bonchev–Trinajstić information content (AvgIpc) is 2.92. The van der Waals surface area contributed by atoms with Crippen molar-refractivity contribution < 1.29 is 9.90 Å². The van der Waals surface area contributed by atoms with Crippen molar-refractivity contribution >= 4 is 5.91 Å². The molecule has 0 radical (unpaired) electrons. The number of phenolic OH excluding ortho intramolecular Hbond substituents is 1. The molecule has 1 aromatic carbocycles. The number of nitrogens with zero attached hydrogens (tertiary/aromatic N) is 2. The molecule has 0 unspecified atom stereocenters. The third kappa shape index (κ3) is 4.13. The van der Waals surface area contributed by atoms with Crippen LogP contribution in [0.5, 0.6) is 5.75 Å². The summed E-state index contributed by atoms with van der Waals surface area (Å²) < 4.78 is 2.02. The highest BCUT2D eigenvalue weighted by molar-refractivity contribution is 5.94. The first-order chi connectivity index (χ1) is 9.25. The molecule has 0 aliphatic heterocycles. The molecule has 100 valence electrons. The minimum absolute atomic E-state index is 0.109. The molecule has 1 amide bonds. The van der Waals surface area contributed by atoms with Crippen molar-refractivity contribution in [2.24, 2.45) is 0 Å². The molecule has 5 heteroatoms. The lowest BCUT2D eigenvalue weighted by atomic mass is 10.2. The highest BCUT2D eigenvalue weighted by Crippen LogP contribution is 2.09. The van der Waals surface area contributed by atoms with Crippen molar-refractivity contribution in [3.8, 4) is 5.75 Å². The number of carbonyl (C=O) groups excluding carboxylic acids is 1. The largest absolute Gasteiger partial charge is 0.508 e. The SMILES string of the molecule is O=C(NCCCCn1ccnc1)c1ccc(O)cc1. The Kier molecular flexibility index (Phi) is 4.55. The number of amides is 1. The molecule has 19 heavy (non-hydrogen) atoms. The van der Waals surface area contributed by atoms with E-state index in [2.05, 4.69) is 10.3 Å². The molecule has 0 saturated carbocycles. The fourth-order valence-electron chi connectivity index (χ4n) is 1.76. The van der Waals surface area contributed by atoms with Gasteiger partial charge in [0, 0.05) is 31.0 Å². The molecule has 0 aliphatic carbocycles. The van der Waals surface area contributed by atoms with Crippen molar-refractivity contribution in [1.29, 1.82) is 0 Å². The fourth-order valence-corrected chi connectivity index (χ4v) is 1.76. The molecule has 2 N–H and O–H groups in total. The summed E-state index contributed by atoms with van der Waals surface area (Å²) in [6, 6.07) is 6.23. The van der Waals surface area contributed by atoms with Crippen molar-refractivity contribution in [3.05, 3.63) is 48.5 Å². The Bertz CT molecular complexity index is 506. The van der Waals surface area contributed by atoms with Gasteiger partial charge in [0.1, 0.15) is 5.75 Å². The van der Waals surface area contributed by atoms with Gasteiger partial charge >= 0.3 is 0 Å². The van der Waals surface area contributed by atoms with Crippen molar-refractivity contribution in [2.75, 3.05) is 6.54 Å². The smallest absolute Gasteiger partial charge is 0.251 e. The van der Waals surface area contributed by atoms with Crippen molar-refractivity contribution in [3.63, 3.8) is 0 Å². The summed E-state index contributed by atoms with van der Waals surface area (Å²) in [6.07, 6.45) is 7.38. The summed E-state index contributed by atoms with van der Waals surface area (Å²) in [5.41, 5.74) is 0.562. The van der Waals surface area contributed by atoms with E-state index in [4.69, 9.17) is 5.11 Å². The van der Waals surface area contributed by atoms with Crippen molar-refractivity contribution in [1.82, 2.24) is 14.9 Å². The summed E-state index contributed by atoms with van der Waals surface area (Å²) in [6.45, 7) is 1.56. The van der Waals surface area contributed by atoms with Gasteiger partial charge in [0.15, 0.2) is 0 Å². The standard InChI is InChI=1S/C14H17N3O2/c18-13-5-3-12(4-6-13)14(19)16-7-1-2-9-17-10-8-15-11-17/h3-6,8,10-11,18H,1-2,7,9H2,(H,16,19). The van der Waals surface area contributed by atoms with Gasteiger partial charge in [0.2, 0.25) is 0 Å². The van der Waals surface area contributed by atoms with Gasteiger partial charge in [-0.15, -0.1) is 0 Å². The number of benzene rings is 1. The van der Waals surface area contributed by atoms with Crippen LogP contribution in [0.4, 0.5) is 0 Å². The maximum atomic E-state index is 11.7. The molecular weight excluding hydrogens is 242 g/mol. The number of aromatic nitrogens is 2. The highest BCUT2D eigenvalue weighted by atomic mass is 16.3. The molecule has 1 aromatic heterocycles. The van der Waals surface area contributed by atoms with Gasteiger partial charge in [-0.2, -0.15) is 0 Å². The van der Waals surface area contributed by atoms with Crippen LogP contribution in [-0.4, -0.2) is 27.1 Å². The Labute approximate surface area is 111 Å². The van der Waals surface area contributed by atoms with E-state index >= 15 is 0 Å². The first kappa shape index (κ1) is 13.1. The van der Waals surface area contributed by atoms with Crippen LogP contribution in [0.2, 0.25) is 0 Å².